The lowest BCUT2D eigenvalue weighted by atomic mass is 9.97. The third kappa shape index (κ3) is 4.68. The third-order valence-electron chi connectivity index (χ3n) is 6.01. The third-order valence-corrected chi connectivity index (χ3v) is 7.96. The molecule has 2 heterocycles. The molecule has 9 heteroatoms. The second kappa shape index (κ2) is 9.41. The van der Waals surface area contributed by atoms with Gasteiger partial charge in [0.1, 0.15) is 23.7 Å². The van der Waals surface area contributed by atoms with Crippen molar-refractivity contribution in [3.8, 4) is 17.6 Å². The molecule has 2 aromatic carbocycles. The van der Waals surface area contributed by atoms with Crippen molar-refractivity contribution in [1.82, 2.24) is 4.31 Å². The highest BCUT2D eigenvalue weighted by Gasteiger charge is 2.34. The number of benzene rings is 2. The molecule has 1 amide bonds. The summed E-state index contributed by atoms with van der Waals surface area (Å²) in [6.45, 7) is 4.78. The Morgan fingerprint density at radius 1 is 1.27 bits per heavy atom. The van der Waals surface area contributed by atoms with E-state index in [4.69, 9.17) is 9.47 Å². The summed E-state index contributed by atoms with van der Waals surface area (Å²) in [5.41, 5.74) is 1.74. The lowest BCUT2D eigenvalue weighted by Gasteiger charge is -2.30. The smallest absolute Gasteiger partial charge is 0.244 e. The number of hydrogen-bond donors (Lipinski definition) is 1. The van der Waals surface area contributed by atoms with Gasteiger partial charge in [-0.1, -0.05) is 12.1 Å². The van der Waals surface area contributed by atoms with Crippen LogP contribution in [-0.2, 0) is 21.2 Å². The first-order valence-electron chi connectivity index (χ1n) is 11.1. The van der Waals surface area contributed by atoms with Crippen LogP contribution in [0.3, 0.4) is 0 Å². The number of fused-ring (bicyclic) bond motifs is 1. The number of carbonyl (C=O) groups excluding carboxylic acids is 1. The van der Waals surface area contributed by atoms with E-state index in [1.165, 1.54) is 16.4 Å². The minimum absolute atomic E-state index is 0.00382. The highest BCUT2D eigenvalue weighted by atomic mass is 32.2. The Bertz CT molecular complexity index is 1200. The zero-order chi connectivity index (χ0) is 23.6. The molecule has 0 spiro atoms. The number of nitrogens with one attached hydrogen (secondary N) is 1. The van der Waals surface area contributed by atoms with Crippen LogP contribution in [-0.4, -0.2) is 44.4 Å². The van der Waals surface area contributed by atoms with E-state index in [1.807, 2.05) is 26.0 Å². The number of hydrogen-bond acceptors (Lipinski definition) is 6. The van der Waals surface area contributed by atoms with E-state index in [0.29, 0.717) is 30.9 Å². The molecule has 4 rings (SSSR count). The van der Waals surface area contributed by atoms with Gasteiger partial charge in [-0.25, -0.2) is 8.42 Å². The van der Waals surface area contributed by atoms with Crippen molar-refractivity contribution in [2.75, 3.05) is 25.0 Å². The van der Waals surface area contributed by atoms with E-state index in [9.17, 15) is 18.5 Å². The van der Waals surface area contributed by atoms with Gasteiger partial charge in [-0.15, -0.1) is 0 Å². The minimum atomic E-state index is -3.80. The molecule has 33 heavy (non-hydrogen) atoms. The van der Waals surface area contributed by atoms with Crippen molar-refractivity contribution in [1.29, 1.82) is 5.26 Å². The Balaban J connectivity index is 1.44. The maximum absolute atomic E-state index is 13.0. The number of amides is 1. The molecule has 0 bridgehead atoms. The van der Waals surface area contributed by atoms with Crippen LogP contribution in [0, 0.1) is 17.2 Å². The first-order chi connectivity index (χ1) is 15.8. The largest absolute Gasteiger partial charge is 0.492 e. The maximum atomic E-state index is 13.0. The highest BCUT2D eigenvalue weighted by molar-refractivity contribution is 7.89. The van der Waals surface area contributed by atoms with Crippen LogP contribution in [0.1, 0.15) is 37.8 Å². The summed E-state index contributed by atoms with van der Waals surface area (Å²) in [6, 6.07) is 11.8. The molecule has 0 unspecified atom stereocenters. The molecule has 174 valence electrons. The molecule has 0 aromatic heterocycles. The fourth-order valence-electron chi connectivity index (χ4n) is 4.33. The van der Waals surface area contributed by atoms with Crippen molar-refractivity contribution < 1.29 is 22.7 Å². The Kier molecular flexibility index (Phi) is 6.58. The second-order valence-corrected chi connectivity index (χ2v) is 10.2. The number of anilines is 1. The monoisotopic (exact) mass is 469 g/mol. The van der Waals surface area contributed by atoms with Crippen LogP contribution >= 0.6 is 0 Å². The van der Waals surface area contributed by atoms with E-state index < -0.39 is 10.0 Å². The quantitative estimate of drug-likeness (QED) is 0.695. The van der Waals surface area contributed by atoms with Gasteiger partial charge in [0.05, 0.1) is 22.8 Å². The average molecular weight is 470 g/mol. The van der Waals surface area contributed by atoms with E-state index in [2.05, 4.69) is 5.32 Å². The Hall–Kier alpha value is -3.09. The second-order valence-electron chi connectivity index (χ2n) is 8.30. The standard InChI is InChI=1S/C24H27N3O5S/c1-3-31-22-13-19-12-16(2)32-21(19)14-20(22)26-24(28)17-8-10-27(11-9-17)33(29,30)23-7-5-4-6-18(23)15-25/h4-7,13-14,16-17H,3,8-12H2,1-2H3,(H,26,28)/t16-/m1/s1. The summed E-state index contributed by atoms with van der Waals surface area (Å²) >= 11 is 0. The molecule has 8 nitrogen and oxygen atoms in total. The highest BCUT2D eigenvalue weighted by Crippen LogP contribution is 2.38. The van der Waals surface area contributed by atoms with Gasteiger partial charge in [0.2, 0.25) is 15.9 Å². The molecule has 1 fully saturated rings. The zero-order valence-electron chi connectivity index (χ0n) is 18.7. The number of sulfonamides is 1. The number of nitriles is 1. The van der Waals surface area contributed by atoms with Gasteiger partial charge in [0.25, 0.3) is 0 Å². The molecular formula is C24H27N3O5S. The van der Waals surface area contributed by atoms with Gasteiger partial charge in [-0.05, 0) is 44.9 Å². The molecule has 1 atom stereocenters. The average Bonchev–Trinajstić information content (AvgIpc) is 3.18. The number of nitrogens with zero attached hydrogens (tertiary/aromatic N) is 2. The Morgan fingerprint density at radius 2 is 2.00 bits per heavy atom. The van der Waals surface area contributed by atoms with Crippen molar-refractivity contribution in [2.45, 2.75) is 44.1 Å². The summed E-state index contributed by atoms with van der Waals surface area (Å²) in [5.74, 6) is 0.857. The van der Waals surface area contributed by atoms with E-state index in [-0.39, 0.29) is 41.5 Å². The summed E-state index contributed by atoms with van der Waals surface area (Å²) in [7, 11) is -3.80. The number of rotatable bonds is 6. The molecule has 2 aliphatic rings. The zero-order valence-corrected chi connectivity index (χ0v) is 19.5. The molecule has 1 N–H and O–H groups in total. The van der Waals surface area contributed by atoms with Gasteiger partial charge < -0.3 is 14.8 Å². The van der Waals surface area contributed by atoms with Crippen molar-refractivity contribution in [3.05, 3.63) is 47.5 Å². The maximum Gasteiger partial charge on any atom is 0.244 e. The molecule has 0 saturated carbocycles. The first kappa shape index (κ1) is 23.1. The summed E-state index contributed by atoms with van der Waals surface area (Å²) < 4.78 is 39.0. The molecule has 2 aromatic rings. The number of carbonyl (C=O) groups is 1. The Morgan fingerprint density at radius 3 is 2.70 bits per heavy atom. The van der Waals surface area contributed by atoms with Crippen molar-refractivity contribution in [3.63, 3.8) is 0 Å². The topological polar surface area (TPSA) is 109 Å². The summed E-state index contributed by atoms with van der Waals surface area (Å²) in [5, 5.41) is 12.2. The van der Waals surface area contributed by atoms with E-state index in [0.717, 1.165) is 17.7 Å². The fraction of sp³-hybridized carbons (Fsp3) is 0.417. The molecule has 2 aliphatic heterocycles. The van der Waals surface area contributed by atoms with Crippen LogP contribution in [0.25, 0.3) is 0 Å². The normalized spacial score (nSPS) is 18.8. The van der Waals surface area contributed by atoms with E-state index >= 15 is 0 Å². The number of piperidine rings is 1. The van der Waals surface area contributed by atoms with Crippen LogP contribution < -0.4 is 14.8 Å². The SMILES string of the molecule is CCOc1cc2c(cc1NC(=O)C1CCN(S(=O)(=O)c3ccccc3C#N)CC1)O[C@H](C)C2. The molecule has 1 saturated heterocycles. The molecule has 0 radical (unpaired) electrons. The van der Waals surface area contributed by atoms with Crippen LogP contribution in [0.15, 0.2) is 41.3 Å². The first-order valence-corrected chi connectivity index (χ1v) is 12.5. The van der Waals surface area contributed by atoms with Gasteiger partial charge in [0.15, 0.2) is 0 Å². The van der Waals surface area contributed by atoms with Gasteiger partial charge >= 0.3 is 0 Å². The molecular weight excluding hydrogens is 442 g/mol. The van der Waals surface area contributed by atoms with E-state index in [1.54, 1.807) is 18.2 Å². The van der Waals surface area contributed by atoms with Gasteiger partial charge in [-0.2, -0.15) is 9.57 Å². The summed E-state index contributed by atoms with van der Waals surface area (Å²) in [6.07, 6.45) is 1.66. The van der Waals surface area contributed by atoms with Gasteiger partial charge in [-0.3, -0.25) is 4.79 Å². The minimum Gasteiger partial charge on any atom is -0.492 e. The number of ether oxygens (including phenoxy) is 2. The Labute approximate surface area is 194 Å². The van der Waals surface area contributed by atoms with Crippen LogP contribution in [0.5, 0.6) is 11.5 Å². The predicted molar refractivity (Wildman–Crippen MR) is 123 cm³/mol. The van der Waals surface area contributed by atoms with Gasteiger partial charge in [0, 0.05) is 37.1 Å². The van der Waals surface area contributed by atoms with Crippen molar-refractivity contribution >= 4 is 21.6 Å². The lowest BCUT2D eigenvalue weighted by molar-refractivity contribution is -0.120. The van der Waals surface area contributed by atoms with Crippen LogP contribution in [0.4, 0.5) is 5.69 Å². The fourth-order valence-corrected chi connectivity index (χ4v) is 5.94. The molecule has 0 aliphatic carbocycles. The predicted octanol–water partition coefficient (Wildman–Crippen LogP) is 3.32. The summed E-state index contributed by atoms with van der Waals surface area (Å²) in [4.78, 5) is 13.0. The van der Waals surface area contributed by atoms with Crippen molar-refractivity contribution in [2.24, 2.45) is 5.92 Å². The van der Waals surface area contributed by atoms with Crippen LogP contribution in [0.2, 0.25) is 0 Å². The lowest BCUT2D eigenvalue weighted by Crippen LogP contribution is -2.41.